The smallest absolute Gasteiger partial charge is 0.304 e. The van der Waals surface area contributed by atoms with Gasteiger partial charge in [-0.05, 0) is 61.5 Å². The number of anilines is 1. The lowest BCUT2D eigenvalue weighted by molar-refractivity contribution is -0.153. The average Bonchev–Trinajstić information content (AvgIpc) is 3.55. The number of carbonyl (C=O) groups is 2. The molecule has 6 atom stereocenters. The second kappa shape index (κ2) is 13.1. The zero-order chi connectivity index (χ0) is 30.7. The van der Waals surface area contributed by atoms with Crippen molar-refractivity contribution in [2.45, 2.75) is 89.1 Å². The number of nitrogens with zero attached hydrogens (tertiary/aromatic N) is 4. The quantitative estimate of drug-likeness (QED) is 0.134. The van der Waals surface area contributed by atoms with Crippen molar-refractivity contribution in [2.24, 2.45) is 5.92 Å². The van der Waals surface area contributed by atoms with E-state index in [1.807, 2.05) is 60.8 Å². The van der Waals surface area contributed by atoms with Crippen LogP contribution in [0.5, 0.6) is 0 Å². The minimum Gasteiger partial charge on any atom is -0.441 e. The summed E-state index contributed by atoms with van der Waals surface area (Å²) in [6.45, 7) is 7.47. The predicted molar refractivity (Wildman–Crippen MR) is 163 cm³/mol. The average molecular weight is 609 g/mol. The molecule has 2 unspecified atom stereocenters. The number of halogens is 1. The van der Waals surface area contributed by atoms with Crippen LogP contribution in [0.3, 0.4) is 0 Å². The molecular weight excluding hydrogens is 567 g/mol. The third-order valence-corrected chi connectivity index (χ3v) is 11.3. The number of hydrogen-bond donors (Lipinski definition) is 1. The van der Waals surface area contributed by atoms with Crippen LogP contribution < -0.4 is 4.90 Å². The van der Waals surface area contributed by atoms with Crippen LogP contribution in [-0.2, 0) is 32.0 Å². The van der Waals surface area contributed by atoms with Gasteiger partial charge in [0.1, 0.15) is 0 Å². The topological polar surface area (TPSA) is 107 Å². The fourth-order valence-corrected chi connectivity index (χ4v) is 9.26. The monoisotopic (exact) mass is 608 g/mol. The molecule has 11 heteroatoms. The third-order valence-electron chi connectivity index (χ3n) is 8.78. The molecule has 0 saturated carbocycles. The number of ether oxygens (including phenoxy) is 2. The molecular formula is C32H41FN4O5Si. The van der Waals surface area contributed by atoms with Gasteiger partial charge in [-0.25, -0.2) is 0 Å². The standard InChI is InChI=1S/C32H41FN4O5Si/c1-21-28(15-12-23-10-13-25(14-11-23)37-30(40)18-31(37)41-22(2)39)42-29(32(21)43(3,4)33)16-17-36-19-27(34-35-36)26(20-38)24-8-6-5-7-9-24/h5-11,13-14,19,21,26,28-29,31-32,38H,12,15-18,20H2,1-4H3/t21-,26?,28+,29-,31?,32+/m1/s1. The normalized spacial score (nSPS) is 24.6. The third kappa shape index (κ3) is 7.05. The van der Waals surface area contributed by atoms with Crippen LogP contribution in [0.1, 0.15) is 55.8 Å². The molecule has 43 heavy (non-hydrogen) atoms. The zero-order valence-corrected chi connectivity index (χ0v) is 26.2. The summed E-state index contributed by atoms with van der Waals surface area (Å²) in [5.41, 5.74) is 3.35. The van der Waals surface area contributed by atoms with Gasteiger partial charge in [0, 0.05) is 30.9 Å². The molecule has 2 saturated heterocycles. The van der Waals surface area contributed by atoms with E-state index in [9.17, 15) is 14.7 Å². The molecule has 1 aromatic heterocycles. The molecule has 9 nitrogen and oxygen atoms in total. The van der Waals surface area contributed by atoms with Crippen molar-refractivity contribution >= 4 is 26.0 Å². The molecule has 0 bridgehead atoms. The molecule has 2 aliphatic rings. The first-order valence-electron chi connectivity index (χ1n) is 15.0. The highest BCUT2D eigenvalue weighted by Crippen LogP contribution is 2.47. The van der Waals surface area contributed by atoms with Crippen molar-refractivity contribution < 1.29 is 28.3 Å². The van der Waals surface area contributed by atoms with Crippen LogP contribution in [0.25, 0.3) is 0 Å². The minimum atomic E-state index is -3.02. The molecule has 0 radical (unpaired) electrons. The number of aromatic nitrogens is 3. The maximum absolute atomic E-state index is 15.6. The van der Waals surface area contributed by atoms with Gasteiger partial charge in [0.2, 0.25) is 14.3 Å². The summed E-state index contributed by atoms with van der Waals surface area (Å²) >= 11 is 0. The summed E-state index contributed by atoms with van der Waals surface area (Å²) in [5, 5.41) is 18.6. The van der Waals surface area contributed by atoms with Gasteiger partial charge in [0.25, 0.3) is 0 Å². The van der Waals surface area contributed by atoms with E-state index in [-0.39, 0.29) is 48.5 Å². The first-order valence-corrected chi connectivity index (χ1v) is 18.0. The number of rotatable bonds is 12. The fraction of sp³-hybridized carbons (Fsp3) is 0.500. The second-order valence-corrected chi connectivity index (χ2v) is 16.0. The van der Waals surface area contributed by atoms with Crippen LogP contribution in [0, 0.1) is 5.92 Å². The zero-order valence-electron chi connectivity index (χ0n) is 25.2. The lowest BCUT2D eigenvalue weighted by atomic mass is 9.95. The van der Waals surface area contributed by atoms with Gasteiger partial charge in [-0.2, -0.15) is 0 Å². The lowest BCUT2D eigenvalue weighted by Crippen LogP contribution is -2.54. The van der Waals surface area contributed by atoms with Crippen molar-refractivity contribution in [3.8, 4) is 0 Å². The van der Waals surface area contributed by atoms with E-state index in [0.29, 0.717) is 24.3 Å². The number of hydrogen-bond acceptors (Lipinski definition) is 7. The SMILES string of the molecule is CC(=O)OC1CC(=O)N1c1ccc(CC[C@@H]2O[C@H](CCn3cc(C(CO)c4ccccc4)nn3)[C@@H]([Si](C)(C)F)[C@@H]2C)cc1. The van der Waals surface area contributed by atoms with Crippen LogP contribution in [0.4, 0.5) is 9.80 Å². The molecule has 1 N–H and O–H groups in total. The van der Waals surface area contributed by atoms with Gasteiger partial charge in [-0.1, -0.05) is 54.6 Å². The van der Waals surface area contributed by atoms with E-state index in [1.165, 1.54) is 11.8 Å². The Hall–Kier alpha value is -3.41. The van der Waals surface area contributed by atoms with Crippen LogP contribution in [0.15, 0.2) is 60.8 Å². The van der Waals surface area contributed by atoms with Crippen LogP contribution >= 0.6 is 0 Å². The van der Waals surface area contributed by atoms with E-state index >= 15 is 4.11 Å². The highest BCUT2D eigenvalue weighted by Gasteiger charge is 2.50. The molecule has 2 aliphatic heterocycles. The molecule has 2 fully saturated rings. The molecule has 2 aromatic carbocycles. The van der Waals surface area contributed by atoms with Crippen molar-refractivity contribution in [1.29, 1.82) is 0 Å². The number of benzene rings is 2. The van der Waals surface area contributed by atoms with Crippen molar-refractivity contribution in [3.05, 3.63) is 77.6 Å². The first-order chi connectivity index (χ1) is 20.5. The summed E-state index contributed by atoms with van der Waals surface area (Å²) in [7, 11) is -3.02. The number of aliphatic hydroxyl groups is 1. The van der Waals surface area contributed by atoms with Gasteiger partial charge in [-0.15, -0.1) is 5.10 Å². The van der Waals surface area contributed by atoms with Crippen molar-refractivity contribution in [1.82, 2.24) is 15.0 Å². The van der Waals surface area contributed by atoms with E-state index < -0.39 is 20.6 Å². The molecule has 1 amide bonds. The summed E-state index contributed by atoms with van der Waals surface area (Å²) in [5.74, 6) is -0.649. The number of amides is 1. The Kier molecular flexibility index (Phi) is 9.43. The van der Waals surface area contributed by atoms with E-state index in [4.69, 9.17) is 9.47 Å². The summed E-state index contributed by atoms with van der Waals surface area (Å²) in [6, 6.07) is 17.4. The lowest BCUT2D eigenvalue weighted by Gasteiger charge is -2.39. The van der Waals surface area contributed by atoms with Crippen molar-refractivity contribution in [2.75, 3.05) is 11.5 Å². The molecule has 230 valence electrons. The minimum absolute atomic E-state index is 0.0642. The number of carbonyl (C=O) groups excluding carboxylic acids is 2. The fourth-order valence-electron chi connectivity index (χ4n) is 6.66. The summed E-state index contributed by atoms with van der Waals surface area (Å²) < 4.78 is 29.2. The number of aliphatic hydroxyl groups excluding tert-OH is 1. The van der Waals surface area contributed by atoms with Gasteiger partial charge in [-0.3, -0.25) is 19.2 Å². The largest absolute Gasteiger partial charge is 0.441 e. The van der Waals surface area contributed by atoms with E-state index in [1.54, 1.807) is 17.8 Å². The Morgan fingerprint density at radius 1 is 1.14 bits per heavy atom. The Morgan fingerprint density at radius 3 is 2.49 bits per heavy atom. The molecule has 0 spiro atoms. The van der Waals surface area contributed by atoms with Crippen molar-refractivity contribution in [3.63, 3.8) is 0 Å². The summed E-state index contributed by atoms with van der Waals surface area (Å²) in [6.07, 6.45) is 3.40. The van der Waals surface area contributed by atoms with Gasteiger partial charge >= 0.3 is 5.97 Å². The summed E-state index contributed by atoms with van der Waals surface area (Å²) in [4.78, 5) is 24.9. The molecule has 0 aliphatic carbocycles. The van der Waals surface area contributed by atoms with Gasteiger partial charge in [0.05, 0.1) is 36.8 Å². The number of β-lactam (4-membered cyclic amide) rings is 1. The highest BCUT2D eigenvalue weighted by molar-refractivity contribution is 6.72. The van der Waals surface area contributed by atoms with Crippen LogP contribution in [0.2, 0.25) is 18.6 Å². The second-order valence-electron chi connectivity index (χ2n) is 12.2. The Labute approximate surface area is 253 Å². The first kappa shape index (κ1) is 31.0. The number of esters is 1. The maximum Gasteiger partial charge on any atom is 0.304 e. The molecule has 5 rings (SSSR count). The van der Waals surface area contributed by atoms with E-state index in [0.717, 1.165) is 24.0 Å². The molecule has 3 heterocycles. The van der Waals surface area contributed by atoms with Gasteiger partial charge < -0.3 is 18.7 Å². The van der Waals surface area contributed by atoms with E-state index in [2.05, 4.69) is 17.2 Å². The Bertz CT molecular complexity index is 1400. The maximum atomic E-state index is 15.6. The Morgan fingerprint density at radius 2 is 1.86 bits per heavy atom. The Balaban J connectivity index is 1.19. The number of aryl methyl sites for hydroxylation is 2. The molecule has 3 aromatic rings. The van der Waals surface area contributed by atoms with Gasteiger partial charge in [0.15, 0.2) is 6.23 Å². The highest BCUT2D eigenvalue weighted by atomic mass is 28.4. The van der Waals surface area contributed by atoms with Crippen LogP contribution in [-0.4, -0.2) is 65.4 Å². The predicted octanol–water partition coefficient (Wildman–Crippen LogP) is 5.00.